The Morgan fingerprint density at radius 2 is 1.92 bits per heavy atom. The molecule has 2 nitrogen and oxygen atoms in total. The second kappa shape index (κ2) is 6.05. The highest BCUT2D eigenvalue weighted by atomic mass is 16.3. The molecule has 0 amide bonds. The summed E-state index contributed by atoms with van der Waals surface area (Å²) >= 11 is 0. The summed E-state index contributed by atoms with van der Waals surface area (Å²) in [6.45, 7) is 7.11. The molecular weight excluding hydrogens is 150 g/mol. The molecule has 0 saturated carbocycles. The van der Waals surface area contributed by atoms with Crippen LogP contribution in [0, 0.1) is 11.8 Å². The fourth-order valence-electron chi connectivity index (χ4n) is 0.946. The Hall–Kier alpha value is -0.520. The Kier molecular flexibility index (Phi) is 5.79. The van der Waals surface area contributed by atoms with E-state index in [1.165, 1.54) is 0 Å². The van der Waals surface area contributed by atoms with Gasteiger partial charge in [0.1, 0.15) is 0 Å². The van der Waals surface area contributed by atoms with Crippen LogP contribution in [-0.2, 0) is 0 Å². The van der Waals surface area contributed by atoms with Crippen molar-refractivity contribution in [3.8, 4) is 11.8 Å². The van der Waals surface area contributed by atoms with Crippen LogP contribution in [0.25, 0.3) is 0 Å². The van der Waals surface area contributed by atoms with Gasteiger partial charge in [-0.15, -0.1) is 5.92 Å². The summed E-state index contributed by atoms with van der Waals surface area (Å²) in [6.07, 6.45) is 1.58. The second-order valence-corrected chi connectivity index (χ2v) is 2.96. The van der Waals surface area contributed by atoms with Crippen molar-refractivity contribution in [2.75, 3.05) is 13.1 Å². The standard InChI is InChI=1S/C10H19NO/c1-4-7-8-11-9-10(12,5-2)6-3/h11-12H,5-6,8-9H2,1-3H3. The third kappa shape index (κ3) is 4.38. The fraction of sp³-hybridized carbons (Fsp3) is 0.800. The summed E-state index contributed by atoms with van der Waals surface area (Å²) in [6, 6.07) is 0. The molecule has 0 saturated heterocycles. The lowest BCUT2D eigenvalue weighted by Gasteiger charge is -2.24. The number of rotatable bonds is 5. The first-order valence-corrected chi connectivity index (χ1v) is 4.51. The number of aliphatic hydroxyl groups is 1. The van der Waals surface area contributed by atoms with E-state index in [1.807, 2.05) is 20.8 Å². The molecule has 0 unspecified atom stereocenters. The zero-order chi connectivity index (χ0) is 9.45. The van der Waals surface area contributed by atoms with Crippen LogP contribution in [0.4, 0.5) is 0 Å². The first kappa shape index (κ1) is 11.5. The molecule has 70 valence electrons. The molecule has 0 fully saturated rings. The second-order valence-electron chi connectivity index (χ2n) is 2.96. The van der Waals surface area contributed by atoms with Crippen LogP contribution >= 0.6 is 0 Å². The number of nitrogens with one attached hydrogen (secondary N) is 1. The Balaban J connectivity index is 3.63. The highest BCUT2D eigenvalue weighted by Gasteiger charge is 2.20. The summed E-state index contributed by atoms with van der Waals surface area (Å²) in [5.41, 5.74) is -0.546. The normalized spacial score (nSPS) is 10.7. The average molecular weight is 169 g/mol. The van der Waals surface area contributed by atoms with E-state index in [1.54, 1.807) is 0 Å². The Morgan fingerprint density at radius 1 is 1.33 bits per heavy atom. The van der Waals surface area contributed by atoms with Gasteiger partial charge in [-0.3, -0.25) is 0 Å². The summed E-state index contributed by atoms with van der Waals surface area (Å²) < 4.78 is 0. The number of hydrogen-bond acceptors (Lipinski definition) is 2. The first-order valence-electron chi connectivity index (χ1n) is 4.51. The Labute approximate surface area is 75.4 Å². The zero-order valence-corrected chi connectivity index (χ0v) is 8.28. The van der Waals surface area contributed by atoms with Crippen molar-refractivity contribution in [3.63, 3.8) is 0 Å². The molecule has 0 aliphatic heterocycles. The van der Waals surface area contributed by atoms with Gasteiger partial charge in [-0.25, -0.2) is 0 Å². The molecule has 0 aromatic rings. The smallest absolute Gasteiger partial charge is 0.0766 e. The molecule has 0 aliphatic carbocycles. The minimum atomic E-state index is -0.546. The lowest BCUT2D eigenvalue weighted by atomic mass is 9.98. The van der Waals surface area contributed by atoms with Crippen LogP contribution in [0.1, 0.15) is 33.6 Å². The van der Waals surface area contributed by atoms with E-state index in [9.17, 15) is 5.11 Å². The van der Waals surface area contributed by atoms with Crippen LogP contribution in [0.15, 0.2) is 0 Å². The van der Waals surface area contributed by atoms with Gasteiger partial charge in [-0.05, 0) is 19.8 Å². The van der Waals surface area contributed by atoms with Gasteiger partial charge < -0.3 is 10.4 Å². The summed E-state index contributed by atoms with van der Waals surface area (Å²) in [7, 11) is 0. The van der Waals surface area contributed by atoms with Crippen molar-refractivity contribution in [3.05, 3.63) is 0 Å². The van der Waals surface area contributed by atoms with Gasteiger partial charge in [0.05, 0.1) is 12.1 Å². The monoisotopic (exact) mass is 169 g/mol. The van der Waals surface area contributed by atoms with Crippen LogP contribution < -0.4 is 5.32 Å². The topological polar surface area (TPSA) is 32.3 Å². The van der Waals surface area contributed by atoms with Crippen molar-refractivity contribution >= 4 is 0 Å². The van der Waals surface area contributed by atoms with Crippen molar-refractivity contribution in [1.29, 1.82) is 0 Å². The van der Waals surface area contributed by atoms with Gasteiger partial charge in [0.2, 0.25) is 0 Å². The molecule has 0 rings (SSSR count). The maximum atomic E-state index is 9.82. The largest absolute Gasteiger partial charge is 0.389 e. The minimum absolute atomic E-state index is 0.546. The van der Waals surface area contributed by atoms with Crippen LogP contribution in [0.3, 0.4) is 0 Å². The van der Waals surface area contributed by atoms with E-state index in [4.69, 9.17) is 0 Å². The summed E-state index contributed by atoms with van der Waals surface area (Å²) in [5.74, 6) is 5.69. The molecule has 0 atom stereocenters. The van der Waals surface area contributed by atoms with Gasteiger partial charge >= 0.3 is 0 Å². The molecule has 0 aliphatic rings. The SMILES string of the molecule is CC#CCNCC(O)(CC)CC. The summed E-state index contributed by atoms with van der Waals surface area (Å²) in [4.78, 5) is 0. The maximum absolute atomic E-state index is 9.82. The highest BCUT2D eigenvalue weighted by Crippen LogP contribution is 2.12. The van der Waals surface area contributed by atoms with E-state index in [0.717, 1.165) is 12.8 Å². The average Bonchev–Trinajstić information content (AvgIpc) is 2.12. The lowest BCUT2D eigenvalue weighted by Crippen LogP contribution is -2.39. The van der Waals surface area contributed by atoms with E-state index >= 15 is 0 Å². The van der Waals surface area contributed by atoms with E-state index in [0.29, 0.717) is 13.1 Å². The first-order chi connectivity index (χ1) is 5.68. The van der Waals surface area contributed by atoms with Gasteiger partial charge in [0.15, 0.2) is 0 Å². The van der Waals surface area contributed by atoms with E-state index in [2.05, 4.69) is 17.2 Å². The molecular formula is C10H19NO. The number of hydrogen-bond donors (Lipinski definition) is 2. The van der Waals surface area contributed by atoms with E-state index in [-0.39, 0.29) is 0 Å². The van der Waals surface area contributed by atoms with Crippen LogP contribution in [0.2, 0.25) is 0 Å². The lowest BCUT2D eigenvalue weighted by molar-refractivity contribution is 0.0336. The molecule has 2 heteroatoms. The van der Waals surface area contributed by atoms with Crippen molar-refractivity contribution in [2.45, 2.75) is 39.2 Å². The highest BCUT2D eigenvalue weighted by molar-refractivity contribution is 4.97. The molecule has 0 bridgehead atoms. The predicted molar refractivity (Wildman–Crippen MR) is 51.9 cm³/mol. The van der Waals surface area contributed by atoms with Gasteiger partial charge in [0, 0.05) is 6.54 Å². The van der Waals surface area contributed by atoms with Crippen molar-refractivity contribution in [2.24, 2.45) is 0 Å². The van der Waals surface area contributed by atoms with Gasteiger partial charge in [-0.2, -0.15) is 0 Å². The predicted octanol–water partition coefficient (Wildman–Crippen LogP) is 1.15. The maximum Gasteiger partial charge on any atom is 0.0766 e. The van der Waals surface area contributed by atoms with Crippen molar-refractivity contribution in [1.82, 2.24) is 5.32 Å². The minimum Gasteiger partial charge on any atom is -0.389 e. The van der Waals surface area contributed by atoms with E-state index < -0.39 is 5.60 Å². The van der Waals surface area contributed by atoms with Crippen LogP contribution in [0.5, 0.6) is 0 Å². The van der Waals surface area contributed by atoms with Gasteiger partial charge in [-0.1, -0.05) is 19.8 Å². The molecule has 12 heavy (non-hydrogen) atoms. The fourth-order valence-corrected chi connectivity index (χ4v) is 0.946. The molecule has 0 heterocycles. The third-order valence-electron chi connectivity index (χ3n) is 2.16. The Morgan fingerprint density at radius 3 is 2.33 bits per heavy atom. The van der Waals surface area contributed by atoms with Crippen LogP contribution in [-0.4, -0.2) is 23.8 Å². The quantitative estimate of drug-likeness (QED) is 0.478. The molecule has 2 N–H and O–H groups in total. The molecule has 0 spiro atoms. The zero-order valence-electron chi connectivity index (χ0n) is 8.28. The Bertz CT molecular complexity index is 162. The summed E-state index contributed by atoms with van der Waals surface area (Å²) in [5, 5.41) is 12.9. The molecule has 0 radical (unpaired) electrons. The third-order valence-corrected chi connectivity index (χ3v) is 2.16. The van der Waals surface area contributed by atoms with Gasteiger partial charge in [0.25, 0.3) is 0 Å². The van der Waals surface area contributed by atoms with Crippen molar-refractivity contribution < 1.29 is 5.11 Å². The molecule has 0 aromatic heterocycles. The molecule has 0 aromatic carbocycles.